The summed E-state index contributed by atoms with van der Waals surface area (Å²) in [6.07, 6.45) is 2.48. The molecule has 1 N–H and O–H groups in total. The van der Waals surface area contributed by atoms with Gasteiger partial charge in [0.25, 0.3) is 0 Å². The first-order chi connectivity index (χ1) is 7.68. The zero-order chi connectivity index (χ0) is 11.5. The van der Waals surface area contributed by atoms with E-state index in [-0.39, 0.29) is 17.7 Å². The number of amides is 1. The van der Waals surface area contributed by atoms with Gasteiger partial charge in [-0.05, 0) is 25.0 Å². The lowest BCUT2D eigenvalue weighted by Gasteiger charge is -2.32. The number of carbonyl (C=O) groups is 2. The number of aliphatic carboxylic acids is 1. The first kappa shape index (κ1) is 11.8. The van der Waals surface area contributed by atoms with Crippen molar-refractivity contribution in [3.63, 3.8) is 0 Å². The summed E-state index contributed by atoms with van der Waals surface area (Å²) in [5, 5.41) is 8.96. The number of hydrogen-bond acceptors (Lipinski definition) is 3. The van der Waals surface area contributed by atoms with Crippen molar-refractivity contribution in [1.82, 2.24) is 4.90 Å². The largest absolute Gasteiger partial charge is 0.481 e. The third-order valence-electron chi connectivity index (χ3n) is 3.36. The predicted molar refractivity (Wildman–Crippen MR) is 62.4 cm³/mol. The second-order valence-electron chi connectivity index (χ2n) is 4.52. The number of hydrogen-bond donors (Lipinski definition) is 1. The van der Waals surface area contributed by atoms with Crippen LogP contribution in [0.25, 0.3) is 0 Å². The molecule has 0 aromatic rings. The van der Waals surface area contributed by atoms with E-state index in [0.29, 0.717) is 13.0 Å². The zero-order valence-electron chi connectivity index (χ0n) is 9.22. The van der Waals surface area contributed by atoms with Crippen molar-refractivity contribution in [2.45, 2.75) is 19.3 Å². The lowest BCUT2D eigenvalue weighted by atomic mass is 9.96. The van der Waals surface area contributed by atoms with Gasteiger partial charge in [0.05, 0.1) is 5.92 Å². The molecule has 2 fully saturated rings. The monoisotopic (exact) mass is 243 g/mol. The van der Waals surface area contributed by atoms with Crippen LogP contribution in [0.4, 0.5) is 0 Å². The quantitative estimate of drug-likeness (QED) is 0.788. The van der Waals surface area contributed by atoms with Crippen molar-refractivity contribution in [2.24, 2.45) is 11.8 Å². The van der Waals surface area contributed by atoms with Crippen molar-refractivity contribution < 1.29 is 14.7 Å². The average molecular weight is 243 g/mol. The minimum absolute atomic E-state index is 0.137. The van der Waals surface area contributed by atoms with Gasteiger partial charge in [0.2, 0.25) is 5.91 Å². The van der Waals surface area contributed by atoms with Crippen molar-refractivity contribution in [2.75, 3.05) is 24.6 Å². The van der Waals surface area contributed by atoms with Gasteiger partial charge in [0.15, 0.2) is 0 Å². The Balaban J connectivity index is 1.93. The minimum atomic E-state index is -0.765. The Bertz CT molecular complexity index is 289. The molecular formula is C11H17NO3S. The Hall–Kier alpha value is -0.710. The highest BCUT2D eigenvalue weighted by Crippen LogP contribution is 2.27. The molecule has 2 atom stereocenters. The maximum atomic E-state index is 12.1. The van der Waals surface area contributed by atoms with E-state index in [2.05, 4.69) is 0 Å². The van der Waals surface area contributed by atoms with E-state index in [1.807, 2.05) is 11.8 Å². The Morgan fingerprint density at radius 3 is 2.69 bits per heavy atom. The molecule has 0 spiro atoms. The first-order valence-electron chi connectivity index (χ1n) is 5.78. The van der Waals surface area contributed by atoms with E-state index in [1.165, 1.54) is 0 Å². The molecule has 0 aromatic heterocycles. The third kappa shape index (κ3) is 2.51. The van der Waals surface area contributed by atoms with Gasteiger partial charge in [-0.15, -0.1) is 0 Å². The van der Waals surface area contributed by atoms with Gasteiger partial charge >= 0.3 is 5.97 Å². The Morgan fingerprint density at radius 2 is 2.06 bits per heavy atom. The lowest BCUT2D eigenvalue weighted by Crippen LogP contribution is -2.44. The second-order valence-corrected chi connectivity index (χ2v) is 5.67. The van der Waals surface area contributed by atoms with Gasteiger partial charge < -0.3 is 10.0 Å². The maximum absolute atomic E-state index is 12.1. The van der Waals surface area contributed by atoms with Crippen LogP contribution < -0.4 is 0 Å². The molecule has 0 aromatic carbocycles. The molecule has 0 saturated carbocycles. The molecule has 4 nitrogen and oxygen atoms in total. The number of carboxylic acids is 1. The molecule has 2 heterocycles. The summed E-state index contributed by atoms with van der Waals surface area (Å²) in [6, 6.07) is 0. The maximum Gasteiger partial charge on any atom is 0.308 e. The molecule has 90 valence electrons. The van der Waals surface area contributed by atoms with Crippen LogP contribution in [0.1, 0.15) is 19.3 Å². The topological polar surface area (TPSA) is 57.6 Å². The molecule has 2 aliphatic heterocycles. The normalized spacial score (nSPS) is 30.4. The van der Waals surface area contributed by atoms with Crippen LogP contribution in [0, 0.1) is 11.8 Å². The van der Waals surface area contributed by atoms with Crippen molar-refractivity contribution in [3.8, 4) is 0 Å². The number of carbonyl (C=O) groups excluding carboxylic acids is 1. The van der Waals surface area contributed by atoms with E-state index in [9.17, 15) is 9.59 Å². The molecule has 2 aliphatic rings. The fraction of sp³-hybridized carbons (Fsp3) is 0.818. The van der Waals surface area contributed by atoms with E-state index in [0.717, 1.165) is 30.9 Å². The third-order valence-corrected chi connectivity index (χ3v) is 4.52. The number of thioether (sulfide) groups is 1. The SMILES string of the molecule is O=C(O)[C@H]1CCCN(C(=O)C2CCSC2)C1. The van der Waals surface area contributed by atoms with Crippen LogP contribution in [0.3, 0.4) is 0 Å². The van der Waals surface area contributed by atoms with Gasteiger partial charge in [-0.25, -0.2) is 0 Å². The molecule has 1 unspecified atom stereocenters. The highest BCUT2D eigenvalue weighted by molar-refractivity contribution is 7.99. The predicted octanol–water partition coefficient (Wildman–Crippen LogP) is 1.06. The summed E-state index contributed by atoms with van der Waals surface area (Å²) < 4.78 is 0. The summed E-state index contributed by atoms with van der Waals surface area (Å²) >= 11 is 1.82. The number of piperidine rings is 1. The van der Waals surface area contributed by atoms with Gasteiger partial charge in [0, 0.05) is 24.8 Å². The Kier molecular flexibility index (Phi) is 3.74. The highest BCUT2D eigenvalue weighted by atomic mass is 32.2. The van der Waals surface area contributed by atoms with E-state index in [1.54, 1.807) is 4.90 Å². The van der Waals surface area contributed by atoms with Crippen LogP contribution >= 0.6 is 11.8 Å². The first-order valence-corrected chi connectivity index (χ1v) is 6.93. The molecule has 0 bridgehead atoms. The van der Waals surface area contributed by atoms with Crippen LogP contribution in [0.15, 0.2) is 0 Å². The highest BCUT2D eigenvalue weighted by Gasteiger charge is 2.32. The molecule has 0 radical (unpaired) electrons. The van der Waals surface area contributed by atoms with E-state index in [4.69, 9.17) is 5.11 Å². The van der Waals surface area contributed by atoms with Gasteiger partial charge in [-0.3, -0.25) is 9.59 Å². The molecule has 0 aliphatic carbocycles. The number of likely N-dealkylation sites (tertiary alicyclic amines) is 1. The van der Waals surface area contributed by atoms with Gasteiger partial charge in [-0.2, -0.15) is 11.8 Å². The summed E-state index contributed by atoms with van der Waals surface area (Å²) in [7, 11) is 0. The number of rotatable bonds is 2. The molecule has 16 heavy (non-hydrogen) atoms. The smallest absolute Gasteiger partial charge is 0.308 e. The summed E-state index contributed by atoms with van der Waals surface area (Å²) in [6.45, 7) is 1.15. The molecule has 5 heteroatoms. The number of carboxylic acid groups (broad SMARTS) is 1. The zero-order valence-corrected chi connectivity index (χ0v) is 10.0. The van der Waals surface area contributed by atoms with Crippen molar-refractivity contribution >= 4 is 23.6 Å². The molecule has 2 rings (SSSR count). The van der Waals surface area contributed by atoms with Crippen molar-refractivity contribution in [1.29, 1.82) is 0 Å². The van der Waals surface area contributed by atoms with Crippen molar-refractivity contribution in [3.05, 3.63) is 0 Å². The standard InChI is InChI=1S/C11H17NO3S/c13-10(9-3-5-16-7-9)12-4-1-2-8(6-12)11(14)15/h8-9H,1-7H2,(H,14,15)/t8-,9?/m0/s1. The average Bonchev–Trinajstić information content (AvgIpc) is 2.81. The Morgan fingerprint density at radius 1 is 1.25 bits per heavy atom. The van der Waals surface area contributed by atoms with Gasteiger partial charge in [0.1, 0.15) is 0 Å². The summed E-state index contributed by atoms with van der Waals surface area (Å²) in [5.74, 6) is 1.17. The summed E-state index contributed by atoms with van der Waals surface area (Å²) in [4.78, 5) is 24.8. The molecule has 2 saturated heterocycles. The molecule has 1 amide bonds. The minimum Gasteiger partial charge on any atom is -0.481 e. The van der Waals surface area contributed by atoms with Crippen LogP contribution in [-0.2, 0) is 9.59 Å². The fourth-order valence-corrected chi connectivity index (χ4v) is 3.58. The van der Waals surface area contributed by atoms with Crippen LogP contribution in [0.5, 0.6) is 0 Å². The van der Waals surface area contributed by atoms with E-state index < -0.39 is 5.97 Å². The molecular weight excluding hydrogens is 226 g/mol. The fourth-order valence-electron chi connectivity index (χ4n) is 2.37. The van der Waals surface area contributed by atoms with E-state index >= 15 is 0 Å². The number of nitrogens with zero attached hydrogens (tertiary/aromatic N) is 1. The van der Waals surface area contributed by atoms with Crippen LogP contribution in [-0.4, -0.2) is 46.5 Å². The second kappa shape index (κ2) is 5.08. The van der Waals surface area contributed by atoms with Gasteiger partial charge in [-0.1, -0.05) is 0 Å². The van der Waals surface area contributed by atoms with Crippen LogP contribution in [0.2, 0.25) is 0 Å². The summed E-state index contributed by atoms with van der Waals surface area (Å²) in [5.41, 5.74) is 0. The lowest BCUT2D eigenvalue weighted by molar-refractivity contribution is -0.146. The Labute approximate surface area is 99.4 Å².